The third kappa shape index (κ3) is 6.17. The highest BCUT2D eigenvalue weighted by Gasteiger charge is 2.43. The van der Waals surface area contributed by atoms with Crippen LogP contribution in [0.5, 0.6) is 0 Å². The highest BCUT2D eigenvalue weighted by atomic mass is 32.1. The van der Waals surface area contributed by atoms with E-state index in [4.69, 9.17) is 10.1 Å². The molecule has 0 saturated carbocycles. The number of likely N-dealkylation sites (tertiary alicyclic amines) is 1. The van der Waals surface area contributed by atoms with E-state index in [2.05, 4.69) is 56.2 Å². The van der Waals surface area contributed by atoms with Gasteiger partial charge >= 0.3 is 0 Å². The molecule has 206 valence electrons. The molecule has 2 heterocycles. The van der Waals surface area contributed by atoms with Crippen LogP contribution in [0.2, 0.25) is 0 Å². The summed E-state index contributed by atoms with van der Waals surface area (Å²) in [5.74, 6) is 0.621. The molecule has 1 saturated heterocycles. The SMILES string of the molecule is CCC1(CC)CCC(CC)(CC)c2cc(-c3csc(C4CCN(CCCCCCCO)CC4)n3)ccc21. The van der Waals surface area contributed by atoms with Gasteiger partial charge in [-0.25, -0.2) is 4.98 Å². The monoisotopic (exact) mass is 524 g/mol. The molecule has 0 unspecified atom stereocenters. The quantitative estimate of drug-likeness (QED) is 0.266. The lowest BCUT2D eigenvalue weighted by molar-refractivity contribution is 0.207. The summed E-state index contributed by atoms with van der Waals surface area (Å²) < 4.78 is 0. The smallest absolute Gasteiger partial charge is 0.0964 e. The fourth-order valence-corrected chi connectivity index (χ4v) is 8.31. The number of aliphatic hydroxyl groups excluding tert-OH is 1. The summed E-state index contributed by atoms with van der Waals surface area (Å²) in [5, 5.41) is 12.6. The molecule has 2 aliphatic rings. The molecule has 0 bridgehead atoms. The molecule has 1 aliphatic heterocycles. The maximum absolute atomic E-state index is 8.93. The van der Waals surface area contributed by atoms with Crippen molar-refractivity contribution in [2.45, 2.75) is 128 Å². The molecule has 0 radical (unpaired) electrons. The molecule has 0 amide bonds. The Kier molecular flexibility index (Phi) is 10.3. The Balaban J connectivity index is 1.43. The minimum atomic E-state index is 0.323. The highest BCUT2D eigenvalue weighted by Crippen LogP contribution is 2.53. The van der Waals surface area contributed by atoms with Crippen LogP contribution < -0.4 is 0 Å². The van der Waals surface area contributed by atoms with Gasteiger partial charge in [-0.1, -0.05) is 59.1 Å². The van der Waals surface area contributed by atoms with Gasteiger partial charge in [0.15, 0.2) is 0 Å². The van der Waals surface area contributed by atoms with Crippen molar-refractivity contribution < 1.29 is 5.11 Å². The Morgan fingerprint density at radius 2 is 1.49 bits per heavy atom. The van der Waals surface area contributed by atoms with Crippen molar-refractivity contribution in [3.05, 3.63) is 39.7 Å². The van der Waals surface area contributed by atoms with Gasteiger partial charge in [0, 0.05) is 23.5 Å². The van der Waals surface area contributed by atoms with Crippen LogP contribution in [-0.2, 0) is 10.8 Å². The van der Waals surface area contributed by atoms with Gasteiger partial charge in [0.25, 0.3) is 0 Å². The first-order valence-electron chi connectivity index (χ1n) is 15.5. The molecule has 1 aromatic carbocycles. The minimum absolute atomic E-state index is 0.323. The fourth-order valence-electron chi connectivity index (χ4n) is 7.31. The molecule has 1 N–H and O–H groups in total. The van der Waals surface area contributed by atoms with Crippen molar-refractivity contribution in [2.24, 2.45) is 0 Å². The number of thiazole rings is 1. The van der Waals surface area contributed by atoms with Gasteiger partial charge < -0.3 is 10.0 Å². The number of unbranched alkanes of at least 4 members (excludes halogenated alkanes) is 4. The normalized spacial score (nSPS) is 19.7. The zero-order valence-corrected chi connectivity index (χ0v) is 25.0. The Labute approximate surface area is 231 Å². The van der Waals surface area contributed by atoms with Crippen LogP contribution in [-0.4, -0.2) is 41.2 Å². The van der Waals surface area contributed by atoms with Crippen molar-refractivity contribution in [3.63, 3.8) is 0 Å². The first kappa shape index (κ1) is 28.8. The van der Waals surface area contributed by atoms with Crippen LogP contribution in [0.3, 0.4) is 0 Å². The second-order valence-electron chi connectivity index (χ2n) is 11.9. The molecular formula is C33H52N2OS. The molecule has 1 aromatic heterocycles. The van der Waals surface area contributed by atoms with Gasteiger partial charge in [0.2, 0.25) is 0 Å². The van der Waals surface area contributed by atoms with Gasteiger partial charge in [-0.05, 0) is 112 Å². The van der Waals surface area contributed by atoms with Crippen LogP contribution in [0.25, 0.3) is 11.3 Å². The van der Waals surface area contributed by atoms with Crippen molar-refractivity contribution in [3.8, 4) is 11.3 Å². The summed E-state index contributed by atoms with van der Waals surface area (Å²) in [4.78, 5) is 7.89. The van der Waals surface area contributed by atoms with Crippen molar-refractivity contribution in [1.82, 2.24) is 9.88 Å². The largest absolute Gasteiger partial charge is 0.396 e. The van der Waals surface area contributed by atoms with Crippen LogP contribution in [0.4, 0.5) is 0 Å². The predicted octanol–water partition coefficient (Wildman–Crippen LogP) is 8.84. The fraction of sp³-hybridized carbons (Fsp3) is 0.727. The maximum Gasteiger partial charge on any atom is 0.0964 e. The predicted molar refractivity (Wildman–Crippen MR) is 160 cm³/mol. The van der Waals surface area contributed by atoms with Crippen LogP contribution >= 0.6 is 11.3 Å². The summed E-state index contributed by atoms with van der Waals surface area (Å²) in [6.45, 7) is 13.6. The molecule has 2 aromatic rings. The Morgan fingerprint density at radius 1 is 0.865 bits per heavy atom. The van der Waals surface area contributed by atoms with E-state index in [9.17, 15) is 0 Å². The summed E-state index contributed by atoms with van der Waals surface area (Å²) in [6, 6.07) is 7.41. The van der Waals surface area contributed by atoms with E-state index in [0.29, 0.717) is 23.4 Å². The molecule has 1 fully saturated rings. The van der Waals surface area contributed by atoms with E-state index in [-0.39, 0.29) is 0 Å². The van der Waals surface area contributed by atoms with E-state index in [1.807, 2.05) is 11.3 Å². The van der Waals surface area contributed by atoms with Crippen molar-refractivity contribution >= 4 is 11.3 Å². The van der Waals surface area contributed by atoms with E-state index >= 15 is 0 Å². The molecule has 1 aliphatic carbocycles. The minimum Gasteiger partial charge on any atom is -0.396 e. The number of hydrogen-bond acceptors (Lipinski definition) is 4. The third-order valence-corrected chi connectivity index (χ3v) is 11.3. The number of benzene rings is 1. The zero-order valence-electron chi connectivity index (χ0n) is 24.2. The van der Waals surface area contributed by atoms with Crippen LogP contribution in [0.15, 0.2) is 23.6 Å². The lowest BCUT2D eigenvalue weighted by Crippen LogP contribution is -2.39. The average Bonchev–Trinajstić information content (AvgIpc) is 3.45. The Morgan fingerprint density at radius 3 is 2.14 bits per heavy atom. The van der Waals surface area contributed by atoms with Gasteiger partial charge in [-0.2, -0.15) is 0 Å². The second-order valence-corrected chi connectivity index (χ2v) is 12.8. The number of piperidine rings is 1. The van der Waals surface area contributed by atoms with Crippen LogP contribution in [0.1, 0.15) is 133 Å². The maximum atomic E-state index is 8.93. The molecule has 0 spiro atoms. The first-order valence-corrected chi connectivity index (χ1v) is 16.4. The number of aliphatic hydroxyl groups is 1. The topological polar surface area (TPSA) is 36.4 Å². The van der Waals surface area contributed by atoms with E-state index in [0.717, 1.165) is 6.42 Å². The number of hydrogen-bond donors (Lipinski definition) is 1. The van der Waals surface area contributed by atoms with E-state index in [1.54, 1.807) is 11.1 Å². The number of nitrogens with zero attached hydrogens (tertiary/aromatic N) is 2. The van der Waals surface area contributed by atoms with E-state index in [1.165, 1.54) is 113 Å². The Hall–Kier alpha value is -1.23. The van der Waals surface area contributed by atoms with Crippen LogP contribution in [0, 0.1) is 0 Å². The van der Waals surface area contributed by atoms with E-state index < -0.39 is 0 Å². The summed E-state index contributed by atoms with van der Waals surface area (Å²) in [6.07, 6.45) is 16.1. The lowest BCUT2D eigenvalue weighted by atomic mass is 9.57. The lowest BCUT2D eigenvalue weighted by Gasteiger charge is -2.48. The van der Waals surface area contributed by atoms with Gasteiger partial charge in [0.1, 0.15) is 0 Å². The highest BCUT2D eigenvalue weighted by molar-refractivity contribution is 7.10. The van der Waals surface area contributed by atoms with Crippen molar-refractivity contribution in [1.29, 1.82) is 0 Å². The summed E-state index contributed by atoms with van der Waals surface area (Å²) in [5.41, 5.74) is 6.45. The second kappa shape index (κ2) is 13.2. The summed E-state index contributed by atoms with van der Waals surface area (Å²) >= 11 is 1.89. The van der Waals surface area contributed by atoms with Crippen molar-refractivity contribution in [2.75, 3.05) is 26.2 Å². The molecule has 3 nitrogen and oxygen atoms in total. The van der Waals surface area contributed by atoms with Gasteiger partial charge in [-0.15, -0.1) is 11.3 Å². The zero-order chi connectivity index (χ0) is 26.3. The molecule has 4 rings (SSSR count). The molecular weight excluding hydrogens is 472 g/mol. The Bertz CT molecular complexity index is 966. The summed E-state index contributed by atoms with van der Waals surface area (Å²) in [7, 11) is 0. The molecule has 4 heteroatoms. The van der Waals surface area contributed by atoms with Gasteiger partial charge in [0.05, 0.1) is 10.7 Å². The molecule has 0 atom stereocenters. The van der Waals surface area contributed by atoms with Gasteiger partial charge in [-0.3, -0.25) is 0 Å². The number of fused-ring (bicyclic) bond motifs is 1. The third-order valence-electron chi connectivity index (χ3n) is 10.3. The molecule has 37 heavy (non-hydrogen) atoms. The number of aromatic nitrogens is 1. The first-order chi connectivity index (χ1) is 18.0. The average molecular weight is 525 g/mol. The number of rotatable bonds is 13. The standard InChI is InChI=1S/C33H52N2OS/c1-5-32(6-2)18-19-33(7-3,8-4)29-24-27(14-15-28(29)32)30-25-37-31(34-30)26-16-21-35(22-17-26)20-12-10-9-11-13-23-36/h14-15,24-26,36H,5-13,16-23H2,1-4H3.